The average molecular weight is 468 g/mol. The van der Waals surface area contributed by atoms with Crippen LogP contribution in [0.3, 0.4) is 0 Å². The fourth-order valence-electron chi connectivity index (χ4n) is 4.28. The minimum atomic E-state index is -0.911. The predicted octanol–water partition coefficient (Wildman–Crippen LogP) is 1.06. The van der Waals surface area contributed by atoms with Crippen LogP contribution < -0.4 is 14.7 Å². The largest absolute Gasteiger partial charge is 0.872 e. The third kappa shape index (κ3) is 4.79. The topological polar surface area (TPSA) is 117 Å². The van der Waals surface area contributed by atoms with Gasteiger partial charge in [0.05, 0.1) is 44.3 Å². The summed E-state index contributed by atoms with van der Waals surface area (Å²) in [5.41, 5.74) is 1.22. The molecule has 1 amide bonds. The molecule has 0 aromatic heterocycles. The summed E-state index contributed by atoms with van der Waals surface area (Å²) in [6.45, 7) is 8.47. The number of nitro benzene ring substituents is 1. The molecule has 1 fully saturated rings. The number of non-ortho nitro benzene ring substituents is 1. The van der Waals surface area contributed by atoms with E-state index in [9.17, 15) is 24.8 Å². The number of nitro groups is 1. The number of hydrogen-bond acceptors (Lipinski definition) is 6. The number of aryl methyl sites for hydroxylation is 1. The van der Waals surface area contributed by atoms with Crippen LogP contribution in [0.25, 0.3) is 5.76 Å². The normalized spacial score (nSPS) is 17.4. The van der Waals surface area contributed by atoms with Crippen LogP contribution in [0.1, 0.15) is 36.6 Å². The highest BCUT2D eigenvalue weighted by Gasteiger charge is 2.44. The first-order chi connectivity index (χ1) is 16.2. The Bertz CT molecular complexity index is 1120. The number of carbonyl (C=O) groups excluding carboxylic acids is 2. The number of hydrogen-bond donors (Lipinski definition) is 1. The number of nitrogens with zero attached hydrogens (tertiary/aromatic N) is 2. The van der Waals surface area contributed by atoms with Gasteiger partial charge in [0, 0.05) is 17.7 Å². The van der Waals surface area contributed by atoms with Crippen molar-refractivity contribution in [3.8, 4) is 5.75 Å². The Kier molecular flexibility index (Phi) is 7.68. The molecule has 1 unspecified atom stereocenters. The number of rotatable bonds is 9. The third-order valence-corrected chi connectivity index (χ3v) is 6.31. The molecule has 34 heavy (non-hydrogen) atoms. The Morgan fingerprint density at radius 3 is 2.29 bits per heavy atom. The van der Waals surface area contributed by atoms with Crippen LogP contribution in [-0.2, 0) is 9.59 Å². The van der Waals surface area contributed by atoms with Crippen molar-refractivity contribution in [2.45, 2.75) is 26.8 Å². The lowest BCUT2D eigenvalue weighted by atomic mass is 9.94. The maximum absolute atomic E-state index is 13.5. The molecule has 1 heterocycles. The number of likely N-dealkylation sites (N-methyl/N-ethyl adjacent to an activating group) is 1. The van der Waals surface area contributed by atoms with Crippen molar-refractivity contribution in [3.63, 3.8) is 0 Å². The van der Waals surface area contributed by atoms with E-state index in [2.05, 4.69) is 0 Å². The molecule has 1 N–H and O–H groups in total. The molecular formula is C25H29N3O6. The molecule has 2 aromatic rings. The summed E-state index contributed by atoms with van der Waals surface area (Å²) in [6, 6.07) is 9.55. The zero-order valence-corrected chi connectivity index (χ0v) is 19.8. The standard InChI is InChI=1S/C25H29N3O6/c1-5-26(6-2)13-14-27-22(17-7-10-19(11-8-17)28(32)33)21(24(30)25(27)31)23(29)18-9-12-20(34-4)16(3)15-18/h7-12,15,22,29H,5-6,13-14H2,1-4H3. The summed E-state index contributed by atoms with van der Waals surface area (Å²) in [7, 11) is 1.53. The highest BCUT2D eigenvalue weighted by Crippen LogP contribution is 2.39. The van der Waals surface area contributed by atoms with Crippen LogP contribution >= 0.6 is 0 Å². The monoisotopic (exact) mass is 467 g/mol. The Morgan fingerprint density at radius 1 is 1.12 bits per heavy atom. The second-order valence-electron chi connectivity index (χ2n) is 8.21. The van der Waals surface area contributed by atoms with E-state index < -0.39 is 28.4 Å². The second-order valence-corrected chi connectivity index (χ2v) is 8.21. The van der Waals surface area contributed by atoms with E-state index in [1.807, 2.05) is 13.8 Å². The summed E-state index contributed by atoms with van der Waals surface area (Å²) in [6.07, 6.45) is 0. The van der Waals surface area contributed by atoms with Crippen LogP contribution in [0.4, 0.5) is 5.69 Å². The Labute approximate surface area is 198 Å². The molecule has 180 valence electrons. The summed E-state index contributed by atoms with van der Waals surface area (Å²) in [4.78, 5) is 39.4. The van der Waals surface area contributed by atoms with E-state index in [1.54, 1.807) is 25.1 Å². The lowest BCUT2D eigenvalue weighted by Gasteiger charge is -2.28. The van der Waals surface area contributed by atoms with Gasteiger partial charge in [-0.15, -0.1) is 0 Å². The van der Waals surface area contributed by atoms with E-state index in [0.717, 1.165) is 18.7 Å². The Balaban J connectivity index is 2.12. The van der Waals surface area contributed by atoms with E-state index in [0.29, 0.717) is 17.9 Å². The number of carbonyl (C=O) groups is 2. The molecule has 1 atom stereocenters. The molecule has 1 saturated heterocycles. The first-order valence-corrected chi connectivity index (χ1v) is 11.2. The van der Waals surface area contributed by atoms with Crippen molar-refractivity contribution >= 4 is 23.1 Å². The third-order valence-electron chi connectivity index (χ3n) is 6.31. The van der Waals surface area contributed by atoms with Crippen molar-refractivity contribution in [2.75, 3.05) is 33.3 Å². The highest BCUT2D eigenvalue weighted by atomic mass is 16.6. The van der Waals surface area contributed by atoms with Gasteiger partial charge in [0.25, 0.3) is 11.6 Å². The number of benzene rings is 2. The molecular weight excluding hydrogens is 438 g/mol. The van der Waals surface area contributed by atoms with Crippen LogP contribution in [0.15, 0.2) is 48.0 Å². The molecule has 0 saturated carbocycles. The van der Waals surface area contributed by atoms with Gasteiger partial charge in [0.1, 0.15) is 5.75 Å². The number of likely N-dealkylation sites (tertiary alicyclic amines) is 1. The average Bonchev–Trinajstić information content (AvgIpc) is 3.09. The number of methoxy groups -OCH3 is 1. The van der Waals surface area contributed by atoms with Gasteiger partial charge in [-0.05, 0) is 61.7 Å². The molecule has 0 bridgehead atoms. The minimum Gasteiger partial charge on any atom is -0.872 e. The number of Topliss-reactive ketones (excluding diaryl/α,β-unsaturated/α-hetero) is 1. The van der Waals surface area contributed by atoms with E-state index in [-0.39, 0.29) is 23.4 Å². The Hall–Kier alpha value is -3.72. The first kappa shape index (κ1) is 24.9. The van der Waals surface area contributed by atoms with Crippen molar-refractivity contribution in [2.24, 2.45) is 0 Å². The van der Waals surface area contributed by atoms with Crippen LogP contribution in [0, 0.1) is 17.0 Å². The van der Waals surface area contributed by atoms with Crippen LogP contribution in [0.5, 0.6) is 5.75 Å². The number of nitrogens with one attached hydrogen (secondary N) is 1. The summed E-state index contributed by atoms with van der Waals surface area (Å²) >= 11 is 0. The molecule has 3 rings (SSSR count). The molecule has 9 heteroatoms. The predicted molar refractivity (Wildman–Crippen MR) is 124 cm³/mol. The van der Waals surface area contributed by atoms with Gasteiger partial charge >= 0.3 is 0 Å². The van der Waals surface area contributed by atoms with Gasteiger partial charge in [-0.1, -0.05) is 11.8 Å². The summed E-state index contributed by atoms with van der Waals surface area (Å²) in [5.74, 6) is -1.50. The van der Waals surface area contributed by atoms with Gasteiger partial charge in [-0.25, -0.2) is 0 Å². The lowest BCUT2D eigenvalue weighted by Crippen LogP contribution is -3.12. The quantitative estimate of drug-likeness (QED) is 0.194. The Morgan fingerprint density at radius 2 is 1.76 bits per heavy atom. The van der Waals surface area contributed by atoms with Crippen molar-refractivity contribution in [1.82, 2.24) is 4.90 Å². The van der Waals surface area contributed by atoms with Crippen molar-refractivity contribution in [1.29, 1.82) is 0 Å². The number of quaternary nitrogens is 1. The fourth-order valence-corrected chi connectivity index (χ4v) is 4.28. The fraction of sp³-hybridized carbons (Fsp3) is 0.360. The number of ether oxygens (including phenoxy) is 1. The lowest BCUT2D eigenvalue weighted by molar-refractivity contribution is -0.895. The SMILES string of the molecule is CC[NH+](CC)CCN1C(=O)C(=O)C(=C([O-])c2ccc(OC)c(C)c2)C1c1ccc([N+](=O)[O-])cc1. The van der Waals surface area contributed by atoms with Gasteiger partial charge in [-0.3, -0.25) is 19.7 Å². The molecule has 2 aromatic carbocycles. The maximum Gasteiger partial charge on any atom is 0.295 e. The molecule has 1 aliphatic rings. The molecule has 9 nitrogen and oxygen atoms in total. The van der Waals surface area contributed by atoms with E-state index in [4.69, 9.17) is 4.74 Å². The van der Waals surface area contributed by atoms with Gasteiger partial charge in [0.2, 0.25) is 5.78 Å². The smallest absolute Gasteiger partial charge is 0.295 e. The van der Waals surface area contributed by atoms with Crippen LogP contribution in [0.2, 0.25) is 0 Å². The number of amides is 1. The minimum absolute atomic E-state index is 0.114. The van der Waals surface area contributed by atoms with Gasteiger partial charge < -0.3 is 19.6 Å². The van der Waals surface area contributed by atoms with Gasteiger partial charge in [0.15, 0.2) is 0 Å². The molecule has 0 spiro atoms. The molecule has 1 aliphatic heterocycles. The first-order valence-electron chi connectivity index (χ1n) is 11.2. The molecule has 0 aliphatic carbocycles. The summed E-state index contributed by atoms with van der Waals surface area (Å²) < 4.78 is 5.25. The van der Waals surface area contributed by atoms with Crippen molar-refractivity contribution < 1.29 is 29.3 Å². The zero-order valence-electron chi connectivity index (χ0n) is 19.8. The van der Waals surface area contributed by atoms with Crippen molar-refractivity contribution in [3.05, 3.63) is 74.8 Å². The maximum atomic E-state index is 13.5. The zero-order chi connectivity index (χ0) is 25.0. The van der Waals surface area contributed by atoms with E-state index in [1.165, 1.54) is 41.2 Å². The second kappa shape index (κ2) is 10.5. The number of ketones is 1. The van der Waals surface area contributed by atoms with E-state index >= 15 is 0 Å². The molecule has 0 radical (unpaired) electrons. The van der Waals surface area contributed by atoms with Gasteiger partial charge in [-0.2, -0.15) is 0 Å². The van der Waals surface area contributed by atoms with Crippen LogP contribution in [-0.4, -0.2) is 54.8 Å². The summed E-state index contributed by atoms with van der Waals surface area (Å²) in [5, 5.41) is 24.6. The highest BCUT2D eigenvalue weighted by molar-refractivity contribution is 6.46.